The topological polar surface area (TPSA) is 174 Å². The van der Waals surface area contributed by atoms with Crippen LogP contribution in [0.3, 0.4) is 0 Å². The maximum atomic E-state index is 12.8. The number of thiazole rings is 1. The Morgan fingerprint density at radius 3 is 2.84 bits per heavy atom. The van der Waals surface area contributed by atoms with Gasteiger partial charge in [0.05, 0.1) is 0 Å². The van der Waals surface area contributed by atoms with Gasteiger partial charge in [0.2, 0.25) is 0 Å². The maximum absolute atomic E-state index is 12.8. The van der Waals surface area contributed by atoms with E-state index in [1.807, 2.05) is 0 Å². The molecule has 2 atom stereocenters. The van der Waals surface area contributed by atoms with Gasteiger partial charge in [-0.2, -0.15) is 0 Å². The van der Waals surface area contributed by atoms with Crippen LogP contribution < -0.4 is 11.1 Å². The summed E-state index contributed by atoms with van der Waals surface area (Å²) in [5, 5.41) is 16.8. The van der Waals surface area contributed by atoms with E-state index < -0.39 is 35.2 Å². The van der Waals surface area contributed by atoms with Crippen molar-refractivity contribution in [2.24, 2.45) is 5.16 Å². The fraction of sp³-hybridized carbons (Fsp3) is 0.333. The van der Waals surface area contributed by atoms with Crippen LogP contribution in [-0.2, 0) is 28.8 Å². The fourth-order valence-corrected chi connectivity index (χ4v) is 4.80. The second-order valence-corrected chi connectivity index (χ2v) is 8.38. The molecule has 2 aliphatic rings. The van der Waals surface area contributed by atoms with Gasteiger partial charge in [0.1, 0.15) is 29.4 Å². The van der Waals surface area contributed by atoms with Gasteiger partial charge in [-0.05, 0) is 0 Å². The van der Waals surface area contributed by atoms with Crippen LogP contribution in [0.25, 0.3) is 0 Å². The quantitative estimate of drug-likeness (QED) is 0.109. The molecule has 2 amide bonds. The average Bonchev–Trinajstić information content (AvgIpc) is 3.18. The number of anilines is 1. The largest absolute Gasteiger partial charge is 0.477 e. The molecule has 1 fully saturated rings. The fourth-order valence-electron chi connectivity index (χ4n) is 2.93. The molecule has 1 aromatic heterocycles. The molecule has 0 radical (unpaired) electrons. The highest BCUT2D eigenvalue weighted by Crippen LogP contribution is 2.40. The van der Waals surface area contributed by atoms with E-state index in [1.165, 1.54) is 24.1 Å². The number of nitrogens with one attached hydrogen (secondary N) is 1. The molecular formula is C18H17N5O7S2. The van der Waals surface area contributed by atoms with Crippen molar-refractivity contribution in [1.82, 2.24) is 15.2 Å². The molecule has 3 rings (SSSR count). The number of nitrogens with zero attached hydrogens (tertiary/aromatic N) is 3. The predicted molar refractivity (Wildman–Crippen MR) is 114 cm³/mol. The van der Waals surface area contributed by atoms with E-state index in [0.29, 0.717) is 0 Å². The van der Waals surface area contributed by atoms with E-state index in [4.69, 9.17) is 21.7 Å². The molecule has 168 valence electrons. The summed E-state index contributed by atoms with van der Waals surface area (Å²) in [5.74, 6) is -0.902. The van der Waals surface area contributed by atoms with Crippen LogP contribution in [0.15, 0.2) is 21.8 Å². The van der Waals surface area contributed by atoms with Crippen LogP contribution in [0.2, 0.25) is 0 Å². The molecular weight excluding hydrogens is 462 g/mol. The Hall–Kier alpha value is -3.57. The van der Waals surface area contributed by atoms with E-state index in [-0.39, 0.29) is 46.8 Å². The molecule has 0 aromatic carbocycles. The second-order valence-electron chi connectivity index (χ2n) is 6.39. The minimum absolute atomic E-state index is 0.136. The molecule has 14 heteroatoms. The van der Waals surface area contributed by atoms with Gasteiger partial charge in [-0.3, -0.25) is 19.3 Å². The van der Waals surface area contributed by atoms with Crippen molar-refractivity contribution >= 4 is 57.7 Å². The third-order valence-electron chi connectivity index (χ3n) is 4.27. The summed E-state index contributed by atoms with van der Waals surface area (Å²) in [6.07, 6.45) is 5.11. The van der Waals surface area contributed by atoms with Crippen molar-refractivity contribution in [2.45, 2.75) is 18.3 Å². The number of amides is 2. The normalized spacial score (nSPS) is 20.1. The van der Waals surface area contributed by atoms with Crippen LogP contribution in [-0.4, -0.2) is 74.8 Å². The molecule has 0 aliphatic carbocycles. The zero-order chi connectivity index (χ0) is 23.4. The number of aliphatic carboxylic acids is 1. The Kier molecular flexibility index (Phi) is 7.01. The zero-order valence-electron chi connectivity index (χ0n) is 16.6. The first kappa shape index (κ1) is 23.1. The average molecular weight is 479 g/mol. The SMILES string of the molecule is C#CCO/N=C(\C(=O)NC1C(=O)N2C(C(=O)O)=C(COC(C)=O)CS[C@H]12)c1csc(N)n1. The van der Waals surface area contributed by atoms with Crippen molar-refractivity contribution in [3.05, 3.63) is 22.3 Å². The number of rotatable bonds is 8. The minimum atomic E-state index is -1.33. The van der Waals surface area contributed by atoms with Gasteiger partial charge in [-0.1, -0.05) is 11.1 Å². The molecule has 12 nitrogen and oxygen atoms in total. The number of aromatic nitrogens is 1. The summed E-state index contributed by atoms with van der Waals surface area (Å²) in [6, 6.07) is -1.01. The lowest BCUT2D eigenvalue weighted by molar-refractivity contribution is -0.150. The third-order valence-corrected chi connectivity index (χ3v) is 6.28. The highest BCUT2D eigenvalue weighted by molar-refractivity contribution is 8.00. The lowest BCUT2D eigenvalue weighted by atomic mass is 10.0. The first-order chi connectivity index (χ1) is 15.2. The van der Waals surface area contributed by atoms with E-state index in [9.17, 15) is 24.3 Å². The Morgan fingerprint density at radius 1 is 1.50 bits per heavy atom. The van der Waals surface area contributed by atoms with Crippen LogP contribution in [0.4, 0.5) is 5.13 Å². The number of nitrogens with two attached hydrogens (primary N) is 1. The van der Waals surface area contributed by atoms with Gasteiger partial charge >= 0.3 is 11.9 Å². The predicted octanol–water partition coefficient (Wildman–Crippen LogP) is -0.619. The number of hydrogen-bond acceptors (Lipinski definition) is 11. The van der Waals surface area contributed by atoms with Gasteiger partial charge in [0.15, 0.2) is 17.5 Å². The summed E-state index contributed by atoms with van der Waals surface area (Å²) in [5.41, 5.74) is 5.54. The number of carbonyl (C=O) groups excluding carboxylic acids is 3. The molecule has 3 heterocycles. The Bertz CT molecular complexity index is 1070. The van der Waals surface area contributed by atoms with E-state index in [1.54, 1.807) is 0 Å². The first-order valence-electron chi connectivity index (χ1n) is 8.93. The first-order valence-corrected chi connectivity index (χ1v) is 10.9. The van der Waals surface area contributed by atoms with Crippen molar-refractivity contribution < 1.29 is 33.9 Å². The lowest BCUT2D eigenvalue weighted by Gasteiger charge is -2.49. The molecule has 2 aliphatic heterocycles. The van der Waals surface area contributed by atoms with Crippen molar-refractivity contribution in [3.8, 4) is 12.3 Å². The standard InChI is InChI=1S/C18H17N5O7S2/c1-3-4-30-22-11(10-7-32-18(19)20-10)14(25)21-12-15(26)23-13(17(27)28)9(5-29-8(2)24)6-31-16(12)23/h1,7,12,16H,4-6H2,2H3,(H2,19,20)(H,21,25)(H,27,28)/b22-11-/t12?,16-/m1/s1. The summed E-state index contributed by atoms with van der Waals surface area (Å²) >= 11 is 2.31. The molecule has 1 saturated heterocycles. The Balaban J connectivity index is 1.78. The number of hydrogen-bond donors (Lipinski definition) is 3. The van der Waals surface area contributed by atoms with E-state index in [0.717, 1.165) is 16.2 Å². The summed E-state index contributed by atoms with van der Waals surface area (Å²) in [6.45, 7) is 0.761. The monoisotopic (exact) mass is 479 g/mol. The number of carboxylic acid groups (broad SMARTS) is 1. The van der Waals surface area contributed by atoms with Gasteiger partial charge in [-0.25, -0.2) is 9.78 Å². The number of β-lactam (4-membered cyclic amide) rings is 1. The smallest absolute Gasteiger partial charge is 0.352 e. The summed E-state index contributed by atoms with van der Waals surface area (Å²) in [7, 11) is 0. The number of nitrogen functional groups attached to an aromatic ring is 1. The number of oxime groups is 1. The van der Waals surface area contributed by atoms with Gasteiger partial charge in [-0.15, -0.1) is 29.5 Å². The maximum Gasteiger partial charge on any atom is 0.352 e. The number of carbonyl (C=O) groups is 4. The van der Waals surface area contributed by atoms with Crippen LogP contribution in [0.5, 0.6) is 0 Å². The van der Waals surface area contributed by atoms with E-state index in [2.05, 4.69) is 21.4 Å². The highest BCUT2D eigenvalue weighted by Gasteiger charge is 2.54. The van der Waals surface area contributed by atoms with Crippen LogP contribution in [0, 0.1) is 12.3 Å². The number of fused-ring (bicyclic) bond motifs is 1. The molecule has 4 N–H and O–H groups in total. The van der Waals surface area contributed by atoms with Crippen molar-refractivity contribution in [1.29, 1.82) is 0 Å². The van der Waals surface area contributed by atoms with E-state index >= 15 is 0 Å². The van der Waals surface area contributed by atoms with Crippen molar-refractivity contribution in [3.63, 3.8) is 0 Å². The third kappa shape index (κ3) is 4.68. The van der Waals surface area contributed by atoms with Crippen LogP contribution in [0.1, 0.15) is 12.6 Å². The van der Waals surface area contributed by atoms with Crippen LogP contribution >= 0.6 is 23.1 Å². The van der Waals surface area contributed by atoms with Gasteiger partial charge in [0.25, 0.3) is 11.8 Å². The molecule has 0 saturated carbocycles. The Labute approximate surface area is 189 Å². The molecule has 32 heavy (non-hydrogen) atoms. The molecule has 1 aromatic rings. The zero-order valence-corrected chi connectivity index (χ0v) is 18.2. The Morgan fingerprint density at radius 2 is 2.25 bits per heavy atom. The number of carboxylic acids is 1. The van der Waals surface area contributed by atoms with Crippen molar-refractivity contribution in [2.75, 3.05) is 24.7 Å². The minimum Gasteiger partial charge on any atom is -0.477 e. The summed E-state index contributed by atoms with van der Waals surface area (Å²) in [4.78, 5) is 58.3. The lowest BCUT2D eigenvalue weighted by Crippen LogP contribution is -2.71. The summed E-state index contributed by atoms with van der Waals surface area (Å²) < 4.78 is 4.88. The number of thioether (sulfide) groups is 1. The van der Waals surface area contributed by atoms with Gasteiger partial charge in [0, 0.05) is 23.6 Å². The molecule has 1 unspecified atom stereocenters. The second kappa shape index (κ2) is 9.71. The molecule has 0 bridgehead atoms. The van der Waals surface area contributed by atoms with Gasteiger partial charge < -0.3 is 25.7 Å². The molecule has 0 spiro atoms. The number of terminal acetylenes is 1. The number of esters is 1. The number of ether oxygens (including phenoxy) is 1. The highest BCUT2D eigenvalue weighted by atomic mass is 32.2.